The minimum atomic E-state index is -0.282. The number of aromatic nitrogens is 6. The molecule has 0 radical (unpaired) electrons. The lowest BCUT2D eigenvalue weighted by molar-refractivity contribution is 0.0938. The van der Waals surface area contributed by atoms with Crippen LogP contribution in [0.1, 0.15) is 103 Å². The van der Waals surface area contributed by atoms with E-state index in [9.17, 15) is 14.4 Å². The van der Waals surface area contributed by atoms with Crippen LogP contribution >= 0.6 is 0 Å². The molecule has 4 aromatic rings. The maximum Gasteiger partial charge on any atom is 0.272 e. The van der Waals surface area contributed by atoms with Gasteiger partial charge in [0.15, 0.2) is 0 Å². The Hall–Kier alpha value is -4.74. The van der Waals surface area contributed by atoms with Gasteiger partial charge >= 0.3 is 0 Å². The molecule has 0 saturated carbocycles. The minimum Gasteiger partial charge on any atom is -0.347 e. The van der Waals surface area contributed by atoms with E-state index in [4.69, 9.17) is 0 Å². The number of H-pyrrole nitrogens is 3. The lowest BCUT2D eigenvalue weighted by Crippen LogP contribution is -2.30. The van der Waals surface area contributed by atoms with Gasteiger partial charge < -0.3 is 16.0 Å². The molecular formula is C30H39N9O3. The lowest BCUT2D eigenvalue weighted by atomic mass is 9.83. The SMILES string of the molecule is CCc1c(CNC(=O)c2cc(C)[nH]n2)c(CC)c(CNC(=O)c2cc(C)[nH]n2)c(CC)c1CNC(=O)c1cc(C)[nH]n1. The summed E-state index contributed by atoms with van der Waals surface area (Å²) < 4.78 is 0. The number of carbonyl (C=O) groups is 3. The van der Waals surface area contributed by atoms with E-state index in [0.717, 1.165) is 50.5 Å². The van der Waals surface area contributed by atoms with Gasteiger partial charge in [-0.1, -0.05) is 20.8 Å². The van der Waals surface area contributed by atoms with Crippen molar-refractivity contribution in [3.63, 3.8) is 0 Å². The Morgan fingerprint density at radius 3 is 0.976 bits per heavy atom. The average molecular weight is 574 g/mol. The van der Waals surface area contributed by atoms with E-state index < -0.39 is 0 Å². The van der Waals surface area contributed by atoms with Gasteiger partial charge in [0.1, 0.15) is 17.1 Å². The molecule has 3 heterocycles. The van der Waals surface area contributed by atoms with Crippen molar-refractivity contribution in [3.05, 3.63) is 85.7 Å². The van der Waals surface area contributed by atoms with Crippen LogP contribution in [0.5, 0.6) is 0 Å². The highest BCUT2D eigenvalue weighted by Gasteiger charge is 2.24. The van der Waals surface area contributed by atoms with Crippen LogP contribution in [0.4, 0.5) is 0 Å². The summed E-state index contributed by atoms with van der Waals surface area (Å²) in [5.74, 6) is -0.846. The molecule has 3 amide bonds. The average Bonchev–Trinajstić information content (AvgIpc) is 3.73. The number of hydrogen-bond donors (Lipinski definition) is 6. The second-order valence-corrected chi connectivity index (χ2v) is 10.3. The molecule has 0 fully saturated rings. The highest BCUT2D eigenvalue weighted by atomic mass is 16.2. The Bertz CT molecular complexity index is 1390. The second-order valence-electron chi connectivity index (χ2n) is 10.3. The van der Waals surface area contributed by atoms with Crippen molar-refractivity contribution in [2.24, 2.45) is 0 Å². The zero-order valence-electron chi connectivity index (χ0n) is 25.0. The molecule has 0 bridgehead atoms. The van der Waals surface area contributed by atoms with Gasteiger partial charge in [0, 0.05) is 36.7 Å². The number of nitrogens with one attached hydrogen (secondary N) is 6. The highest BCUT2D eigenvalue weighted by Crippen LogP contribution is 2.31. The van der Waals surface area contributed by atoms with Crippen molar-refractivity contribution >= 4 is 17.7 Å². The van der Waals surface area contributed by atoms with Crippen molar-refractivity contribution in [1.29, 1.82) is 0 Å². The summed E-state index contributed by atoms with van der Waals surface area (Å²) in [5, 5.41) is 29.8. The summed E-state index contributed by atoms with van der Waals surface area (Å²) in [5.41, 5.74) is 9.50. The van der Waals surface area contributed by atoms with Crippen LogP contribution in [-0.2, 0) is 38.9 Å². The number of hydrogen-bond acceptors (Lipinski definition) is 6. The van der Waals surface area contributed by atoms with Crippen LogP contribution in [0, 0.1) is 20.8 Å². The summed E-state index contributed by atoms with van der Waals surface area (Å²) in [7, 11) is 0. The van der Waals surface area contributed by atoms with Crippen molar-refractivity contribution in [3.8, 4) is 0 Å². The number of rotatable bonds is 12. The molecule has 12 nitrogen and oxygen atoms in total. The molecule has 42 heavy (non-hydrogen) atoms. The monoisotopic (exact) mass is 573 g/mol. The van der Waals surface area contributed by atoms with Crippen molar-refractivity contribution in [2.75, 3.05) is 0 Å². The van der Waals surface area contributed by atoms with Gasteiger partial charge in [-0.2, -0.15) is 15.3 Å². The van der Waals surface area contributed by atoms with Gasteiger partial charge in [-0.15, -0.1) is 0 Å². The van der Waals surface area contributed by atoms with E-state index in [0.29, 0.717) is 36.3 Å². The highest BCUT2D eigenvalue weighted by molar-refractivity contribution is 5.93. The number of aromatic amines is 3. The first-order valence-corrected chi connectivity index (χ1v) is 14.2. The fourth-order valence-electron chi connectivity index (χ4n) is 5.39. The number of aryl methyl sites for hydroxylation is 3. The third-order valence-corrected chi connectivity index (χ3v) is 7.34. The first kappa shape index (κ1) is 30.2. The molecule has 0 saturated heterocycles. The van der Waals surface area contributed by atoms with Crippen LogP contribution in [0.2, 0.25) is 0 Å². The molecule has 0 unspecified atom stereocenters. The minimum absolute atomic E-state index is 0.278. The zero-order valence-corrected chi connectivity index (χ0v) is 25.0. The molecule has 0 aliphatic rings. The Morgan fingerprint density at radius 2 is 0.786 bits per heavy atom. The quantitative estimate of drug-likeness (QED) is 0.152. The topological polar surface area (TPSA) is 173 Å². The number of carbonyl (C=O) groups excluding carboxylic acids is 3. The molecule has 0 spiro atoms. The van der Waals surface area contributed by atoms with E-state index in [1.54, 1.807) is 18.2 Å². The van der Waals surface area contributed by atoms with Crippen LogP contribution in [-0.4, -0.2) is 48.3 Å². The Labute approximate surface area is 244 Å². The summed E-state index contributed by atoms with van der Waals surface area (Å²) in [6.07, 6.45) is 2.08. The third kappa shape index (κ3) is 6.59. The normalized spacial score (nSPS) is 11.0. The fraction of sp³-hybridized carbons (Fsp3) is 0.400. The molecule has 222 valence electrons. The fourth-order valence-corrected chi connectivity index (χ4v) is 5.39. The summed E-state index contributed by atoms with van der Waals surface area (Å²) in [6.45, 7) is 12.6. The second kappa shape index (κ2) is 13.3. The standard InChI is InChI=1S/C30H39N9O3/c1-7-19-22(13-31-28(40)25-10-16(4)34-37-25)20(8-2)24(15-33-30(42)27-12-18(6)36-39-27)21(9-3)23(19)14-32-29(41)26-11-17(5)35-38-26/h10-12H,7-9,13-15H2,1-6H3,(H,31,40)(H,32,41)(H,33,42)(H,34,37)(H,35,38)(H,36,39). The van der Waals surface area contributed by atoms with Gasteiger partial charge in [0.2, 0.25) is 0 Å². The van der Waals surface area contributed by atoms with Gasteiger partial charge in [0.25, 0.3) is 17.7 Å². The molecular weight excluding hydrogens is 534 g/mol. The molecule has 4 rings (SSSR count). The molecule has 0 atom stereocenters. The first-order valence-electron chi connectivity index (χ1n) is 14.2. The summed E-state index contributed by atoms with van der Waals surface area (Å²) >= 11 is 0. The van der Waals surface area contributed by atoms with Crippen molar-refractivity contribution < 1.29 is 14.4 Å². The maximum atomic E-state index is 12.9. The predicted octanol–water partition coefficient (Wildman–Crippen LogP) is 3.26. The molecule has 0 aliphatic heterocycles. The molecule has 0 aliphatic carbocycles. The third-order valence-electron chi connectivity index (χ3n) is 7.34. The maximum absolute atomic E-state index is 12.9. The van der Waals surface area contributed by atoms with Crippen molar-refractivity contribution in [2.45, 2.75) is 80.4 Å². The Balaban J connectivity index is 1.73. The Morgan fingerprint density at radius 1 is 0.524 bits per heavy atom. The van der Waals surface area contributed by atoms with E-state index in [1.807, 2.05) is 20.8 Å². The summed E-state index contributed by atoms with van der Waals surface area (Å²) in [6, 6.07) is 5.10. The van der Waals surface area contributed by atoms with Gasteiger partial charge in [-0.25, -0.2) is 0 Å². The van der Waals surface area contributed by atoms with Crippen LogP contribution < -0.4 is 16.0 Å². The van der Waals surface area contributed by atoms with Gasteiger partial charge in [-0.05, 0) is 91.6 Å². The number of nitrogens with zero attached hydrogens (tertiary/aromatic N) is 3. The lowest BCUT2D eigenvalue weighted by Gasteiger charge is -2.26. The van der Waals surface area contributed by atoms with E-state index in [2.05, 4.69) is 67.3 Å². The van der Waals surface area contributed by atoms with E-state index in [-0.39, 0.29) is 37.4 Å². The smallest absolute Gasteiger partial charge is 0.272 e. The van der Waals surface area contributed by atoms with Crippen LogP contribution in [0.3, 0.4) is 0 Å². The number of amides is 3. The van der Waals surface area contributed by atoms with Crippen molar-refractivity contribution in [1.82, 2.24) is 46.5 Å². The number of benzene rings is 1. The zero-order chi connectivity index (χ0) is 30.4. The largest absolute Gasteiger partial charge is 0.347 e. The van der Waals surface area contributed by atoms with E-state index >= 15 is 0 Å². The van der Waals surface area contributed by atoms with Crippen LogP contribution in [0.15, 0.2) is 18.2 Å². The summed E-state index contributed by atoms with van der Waals surface area (Å²) in [4.78, 5) is 38.8. The first-order chi connectivity index (χ1) is 20.2. The molecule has 3 aromatic heterocycles. The van der Waals surface area contributed by atoms with Gasteiger partial charge in [-0.3, -0.25) is 29.7 Å². The molecule has 6 N–H and O–H groups in total. The predicted molar refractivity (Wildman–Crippen MR) is 158 cm³/mol. The molecule has 1 aromatic carbocycles. The molecule has 12 heteroatoms. The van der Waals surface area contributed by atoms with Gasteiger partial charge in [0.05, 0.1) is 0 Å². The van der Waals surface area contributed by atoms with E-state index in [1.165, 1.54) is 0 Å². The Kier molecular flexibility index (Phi) is 9.56. The van der Waals surface area contributed by atoms with Crippen LogP contribution in [0.25, 0.3) is 0 Å².